The number of nitrogens with zero attached hydrogens (tertiary/aromatic N) is 2. The minimum atomic E-state index is -0.440. The third kappa shape index (κ3) is 2.51. The minimum absolute atomic E-state index is 0.191. The lowest BCUT2D eigenvalue weighted by molar-refractivity contribution is 0.693. The second kappa shape index (κ2) is 5.18. The molecule has 0 unspecified atom stereocenters. The van der Waals surface area contributed by atoms with Crippen LogP contribution in [0.25, 0.3) is 0 Å². The molecule has 18 heavy (non-hydrogen) atoms. The molecule has 0 saturated heterocycles. The lowest BCUT2D eigenvalue weighted by atomic mass is 10.1. The van der Waals surface area contributed by atoms with Crippen molar-refractivity contribution in [3.8, 4) is 6.07 Å². The number of hydrogen-bond acceptors (Lipinski definition) is 3. The molecule has 0 saturated carbocycles. The van der Waals surface area contributed by atoms with Gasteiger partial charge in [0.05, 0.1) is 21.7 Å². The van der Waals surface area contributed by atoms with Crippen molar-refractivity contribution in [1.29, 1.82) is 5.26 Å². The van der Waals surface area contributed by atoms with Crippen LogP contribution in [0, 0.1) is 14.9 Å². The zero-order chi connectivity index (χ0) is 13.1. The topological polar surface area (TPSA) is 78.7 Å². The largest absolute Gasteiger partial charge is 0.328 e. The lowest BCUT2D eigenvalue weighted by Gasteiger charge is -2.04. The van der Waals surface area contributed by atoms with Crippen LogP contribution in [-0.4, -0.2) is 9.55 Å². The first-order chi connectivity index (χ1) is 8.61. The van der Waals surface area contributed by atoms with Gasteiger partial charge in [-0.05, 0) is 40.3 Å². The predicted octanol–water partition coefficient (Wildman–Crippen LogP) is 1.06. The van der Waals surface area contributed by atoms with E-state index < -0.39 is 5.69 Å². The number of nitriles is 1. The number of benzene rings is 1. The molecule has 1 N–H and O–H groups in total. The van der Waals surface area contributed by atoms with Crippen molar-refractivity contribution in [2.75, 3.05) is 0 Å². The number of aromatic nitrogens is 2. The maximum atomic E-state index is 11.8. The SMILES string of the molecule is N#Cc1ccc(Cn2c(=O)[nH]cc(I)c2=O)cc1. The highest BCUT2D eigenvalue weighted by atomic mass is 127. The van der Waals surface area contributed by atoms with Gasteiger partial charge < -0.3 is 4.98 Å². The quantitative estimate of drug-likeness (QED) is 0.821. The van der Waals surface area contributed by atoms with Gasteiger partial charge >= 0.3 is 5.69 Å². The van der Waals surface area contributed by atoms with Crippen LogP contribution in [0.4, 0.5) is 0 Å². The van der Waals surface area contributed by atoms with E-state index >= 15 is 0 Å². The molecule has 0 aliphatic heterocycles. The average Bonchev–Trinajstić information content (AvgIpc) is 2.40. The fourth-order valence-electron chi connectivity index (χ4n) is 1.50. The third-order valence-corrected chi connectivity index (χ3v) is 3.21. The van der Waals surface area contributed by atoms with Gasteiger partial charge in [-0.2, -0.15) is 5.26 Å². The minimum Gasteiger partial charge on any atom is -0.313 e. The summed E-state index contributed by atoms with van der Waals surface area (Å²) in [4.78, 5) is 25.9. The molecule has 2 aromatic rings. The Bertz CT molecular complexity index is 723. The third-order valence-electron chi connectivity index (χ3n) is 2.44. The number of nitrogens with one attached hydrogen (secondary N) is 1. The molecular weight excluding hydrogens is 345 g/mol. The molecule has 0 fully saturated rings. The summed E-state index contributed by atoms with van der Waals surface area (Å²) in [5.41, 5.74) is 0.583. The molecule has 90 valence electrons. The van der Waals surface area contributed by atoms with Gasteiger partial charge in [-0.15, -0.1) is 0 Å². The van der Waals surface area contributed by atoms with Crippen LogP contribution in [0.5, 0.6) is 0 Å². The van der Waals surface area contributed by atoms with Crippen molar-refractivity contribution in [1.82, 2.24) is 9.55 Å². The molecule has 0 bridgehead atoms. The number of hydrogen-bond donors (Lipinski definition) is 1. The molecule has 6 heteroatoms. The molecule has 2 rings (SSSR count). The number of H-pyrrole nitrogens is 1. The van der Waals surface area contributed by atoms with Crippen LogP contribution in [0.15, 0.2) is 40.1 Å². The van der Waals surface area contributed by atoms with Crippen LogP contribution in [0.3, 0.4) is 0 Å². The van der Waals surface area contributed by atoms with Crippen LogP contribution in [0.2, 0.25) is 0 Å². The smallest absolute Gasteiger partial charge is 0.313 e. The summed E-state index contributed by atoms with van der Waals surface area (Å²) < 4.78 is 1.59. The highest BCUT2D eigenvalue weighted by Gasteiger charge is 2.05. The van der Waals surface area contributed by atoms with Crippen molar-refractivity contribution in [2.24, 2.45) is 0 Å². The van der Waals surface area contributed by atoms with Gasteiger partial charge in [-0.3, -0.25) is 9.36 Å². The highest BCUT2D eigenvalue weighted by Crippen LogP contribution is 2.04. The van der Waals surface area contributed by atoms with E-state index in [1.807, 2.05) is 28.7 Å². The van der Waals surface area contributed by atoms with Gasteiger partial charge in [-0.1, -0.05) is 12.1 Å². The van der Waals surface area contributed by atoms with Gasteiger partial charge in [0.15, 0.2) is 0 Å². The first kappa shape index (κ1) is 12.6. The van der Waals surface area contributed by atoms with Crippen molar-refractivity contribution in [3.63, 3.8) is 0 Å². The van der Waals surface area contributed by atoms with Gasteiger partial charge in [0.1, 0.15) is 0 Å². The highest BCUT2D eigenvalue weighted by molar-refractivity contribution is 14.1. The molecule has 1 aromatic heterocycles. The monoisotopic (exact) mass is 353 g/mol. The lowest BCUT2D eigenvalue weighted by Crippen LogP contribution is -2.36. The zero-order valence-corrected chi connectivity index (χ0v) is 11.3. The zero-order valence-electron chi connectivity index (χ0n) is 9.18. The summed E-state index contributed by atoms with van der Waals surface area (Å²) >= 11 is 1.87. The summed E-state index contributed by atoms with van der Waals surface area (Å²) in [6.45, 7) is 0.191. The Kier molecular flexibility index (Phi) is 3.62. The Labute approximate surface area is 116 Å². The van der Waals surface area contributed by atoms with Crippen LogP contribution >= 0.6 is 22.6 Å². The number of aromatic amines is 1. The van der Waals surface area contributed by atoms with Gasteiger partial charge in [0, 0.05) is 6.20 Å². The Morgan fingerprint density at radius 3 is 2.56 bits per heavy atom. The summed E-state index contributed by atoms with van der Waals surface area (Å²) in [7, 11) is 0. The molecule has 1 heterocycles. The fourth-order valence-corrected chi connectivity index (χ4v) is 1.94. The second-order valence-electron chi connectivity index (χ2n) is 3.64. The average molecular weight is 353 g/mol. The molecule has 0 aliphatic rings. The predicted molar refractivity (Wildman–Crippen MR) is 74.3 cm³/mol. The van der Waals surface area contributed by atoms with E-state index in [0.717, 1.165) is 10.1 Å². The standard InChI is InChI=1S/C12H8IN3O2/c13-10-6-15-12(18)16(11(10)17)7-9-3-1-8(5-14)2-4-9/h1-4,6H,7H2,(H,15,18). The second-order valence-corrected chi connectivity index (χ2v) is 4.80. The van der Waals surface area contributed by atoms with E-state index in [0.29, 0.717) is 9.13 Å². The maximum absolute atomic E-state index is 11.8. The Balaban J connectivity index is 2.40. The van der Waals surface area contributed by atoms with E-state index in [2.05, 4.69) is 4.98 Å². The fraction of sp³-hybridized carbons (Fsp3) is 0.0833. The first-order valence-corrected chi connectivity index (χ1v) is 6.17. The van der Waals surface area contributed by atoms with E-state index in [1.54, 1.807) is 24.3 Å². The van der Waals surface area contributed by atoms with E-state index in [4.69, 9.17) is 5.26 Å². The maximum Gasteiger partial charge on any atom is 0.328 e. The molecule has 0 amide bonds. The van der Waals surface area contributed by atoms with E-state index in [9.17, 15) is 9.59 Å². The van der Waals surface area contributed by atoms with Gasteiger partial charge in [0.2, 0.25) is 0 Å². The van der Waals surface area contributed by atoms with Gasteiger partial charge in [-0.25, -0.2) is 4.79 Å². The summed E-state index contributed by atoms with van der Waals surface area (Å²) in [5, 5.41) is 8.68. The molecule has 0 radical (unpaired) electrons. The van der Waals surface area contributed by atoms with Gasteiger partial charge in [0.25, 0.3) is 5.56 Å². The molecule has 0 atom stereocenters. The van der Waals surface area contributed by atoms with E-state index in [1.165, 1.54) is 6.20 Å². The van der Waals surface area contributed by atoms with Crippen molar-refractivity contribution >= 4 is 22.6 Å². The van der Waals surface area contributed by atoms with Crippen molar-refractivity contribution < 1.29 is 0 Å². The molecular formula is C12H8IN3O2. The Morgan fingerprint density at radius 2 is 1.94 bits per heavy atom. The Morgan fingerprint density at radius 1 is 1.28 bits per heavy atom. The van der Waals surface area contributed by atoms with Crippen molar-refractivity contribution in [3.05, 3.63) is 66.0 Å². The molecule has 1 aromatic carbocycles. The normalized spacial score (nSPS) is 10.0. The number of halogens is 1. The molecule has 0 aliphatic carbocycles. The summed E-state index contributed by atoms with van der Waals surface area (Å²) in [5.74, 6) is 0. The Hall–Kier alpha value is -1.88. The first-order valence-electron chi connectivity index (χ1n) is 5.09. The molecule has 0 spiro atoms. The van der Waals surface area contributed by atoms with E-state index in [-0.39, 0.29) is 12.1 Å². The van der Waals surface area contributed by atoms with Crippen LogP contribution in [0.1, 0.15) is 11.1 Å². The summed E-state index contributed by atoms with van der Waals surface area (Å²) in [6, 6.07) is 8.78. The van der Waals surface area contributed by atoms with Crippen molar-refractivity contribution in [2.45, 2.75) is 6.54 Å². The molecule has 5 nitrogen and oxygen atoms in total. The summed E-state index contributed by atoms with van der Waals surface area (Å²) in [6.07, 6.45) is 1.39. The number of rotatable bonds is 2. The van der Waals surface area contributed by atoms with Crippen LogP contribution < -0.4 is 11.2 Å². The van der Waals surface area contributed by atoms with Crippen LogP contribution in [-0.2, 0) is 6.54 Å².